The number of rotatable bonds is 5. The maximum absolute atomic E-state index is 13.3. The van der Waals surface area contributed by atoms with Gasteiger partial charge in [0.15, 0.2) is 0 Å². The molecule has 2 amide bonds. The number of nitrogens with zero attached hydrogens (tertiary/aromatic N) is 2. The maximum atomic E-state index is 13.3. The Bertz CT molecular complexity index is 733. The first-order valence-electron chi connectivity index (χ1n) is 8.44. The van der Waals surface area contributed by atoms with E-state index in [1.807, 2.05) is 23.6 Å². The van der Waals surface area contributed by atoms with Crippen molar-refractivity contribution in [3.05, 3.63) is 58.0 Å². The summed E-state index contributed by atoms with van der Waals surface area (Å²) in [6, 6.07) is 10.3. The zero-order chi connectivity index (χ0) is 17.6. The molecule has 0 N–H and O–H groups in total. The summed E-state index contributed by atoms with van der Waals surface area (Å²) in [6.07, 6.45) is 1.53. The third-order valence-electron chi connectivity index (χ3n) is 4.37. The number of hydrogen-bond acceptors (Lipinski definition) is 3. The molecule has 1 fully saturated rings. The molecule has 4 nitrogen and oxygen atoms in total. The highest BCUT2D eigenvalue weighted by Crippen LogP contribution is 2.15. The van der Waals surface area contributed by atoms with Crippen molar-refractivity contribution >= 4 is 23.2 Å². The number of benzene rings is 1. The van der Waals surface area contributed by atoms with Gasteiger partial charge in [-0.3, -0.25) is 9.59 Å². The van der Waals surface area contributed by atoms with Crippen LogP contribution in [0.1, 0.15) is 23.3 Å². The fourth-order valence-corrected chi connectivity index (χ4v) is 3.69. The lowest BCUT2D eigenvalue weighted by Gasteiger charge is -2.22. The van der Waals surface area contributed by atoms with Crippen LogP contribution < -0.4 is 0 Å². The topological polar surface area (TPSA) is 40.6 Å². The lowest BCUT2D eigenvalue weighted by molar-refractivity contribution is -0.131. The largest absolute Gasteiger partial charge is 0.340 e. The first-order valence-corrected chi connectivity index (χ1v) is 9.32. The van der Waals surface area contributed by atoms with E-state index < -0.39 is 0 Å². The van der Waals surface area contributed by atoms with Gasteiger partial charge in [-0.1, -0.05) is 18.2 Å². The zero-order valence-corrected chi connectivity index (χ0v) is 14.8. The van der Waals surface area contributed by atoms with Crippen molar-refractivity contribution in [2.45, 2.75) is 25.8 Å². The van der Waals surface area contributed by atoms with Crippen LogP contribution in [0.5, 0.6) is 0 Å². The average Bonchev–Trinajstić information content (AvgIpc) is 3.05. The Kier molecular flexibility index (Phi) is 5.81. The second kappa shape index (κ2) is 8.25. The molecule has 2 aromatic rings. The SMILES string of the molecule is O=C(CCc1cccs1)N1CCC(=O)N(Cc2cccc(F)c2)CC1. The molecule has 1 saturated heterocycles. The molecule has 1 aliphatic heterocycles. The summed E-state index contributed by atoms with van der Waals surface area (Å²) in [5.41, 5.74) is 0.769. The summed E-state index contributed by atoms with van der Waals surface area (Å²) in [7, 11) is 0. The van der Waals surface area contributed by atoms with E-state index >= 15 is 0 Å². The molecule has 0 bridgehead atoms. The molecule has 0 atom stereocenters. The molecule has 0 saturated carbocycles. The van der Waals surface area contributed by atoms with E-state index in [1.165, 1.54) is 17.0 Å². The molecular formula is C19H21FN2O2S. The minimum atomic E-state index is -0.301. The highest BCUT2D eigenvalue weighted by atomic mass is 32.1. The summed E-state index contributed by atoms with van der Waals surface area (Å²) >= 11 is 1.66. The molecule has 0 spiro atoms. The molecule has 0 unspecified atom stereocenters. The molecule has 0 radical (unpaired) electrons. The molecule has 25 heavy (non-hydrogen) atoms. The van der Waals surface area contributed by atoms with Crippen LogP contribution in [0.15, 0.2) is 41.8 Å². The number of carbonyl (C=O) groups excluding carboxylic acids is 2. The molecule has 6 heteroatoms. The van der Waals surface area contributed by atoms with Crippen LogP contribution in [0, 0.1) is 5.82 Å². The molecule has 3 rings (SSSR count). The Hall–Kier alpha value is -2.21. The quantitative estimate of drug-likeness (QED) is 0.822. The summed E-state index contributed by atoms with van der Waals surface area (Å²) in [6.45, 7) is 1.86. The fraction of sp³-hybridized carbons (Fsp3) is 0.368. The van der Waals surface area contributed by atoms with Gasteiger partial charge < -0.3 is 9.80 Å². The summed E-state index contributed by atoms with van der Waals surface area (Å²) in [5.74, 6) is -0.197. The van der Waals surface area contributed by atoms with Crippen LogP contribution in [0.3, 0.4) is 0 Å². The van der Waals surface area contributed by atoms with Gasteiger partial charge in [0.1, 0.15) is 5.82 Å². The van der Waals surface area contributed by atoms with E-state index in [1.54, 1.807) is 27.2 Å². The number of hydrogen-bond donors (Lipinski definition) is 0. The molecule has 132 valence electrons. The summed E-state index contributed by atoms with van der Waals surface area (Å²) in [5, 5.41) is 2.01. The fourth-order valence-electron chi connectivity index (χ4n) is 2.98. The predicted molar refractivity (Wildman–Crippen MR) is 95.7 cm³/mol. The van der Waals surface area contributed by atoms with Crippen LogP contribution >= 0.6 is 11.3 Å². The Labute approximate surface area is 150 Å². The minimum absolute atomic E-state index is 0.0119. The monoisotopic (exact) mass is 360 g/mol. The Balaban J connectivity index is 1.55. The van der Waals surface area contributed by atoms with Crippen molar-refractivity contribution in [1.29, 1.82) is 0 Å². The van der Waals surface area contributed by atoms with Gasteiger partial charge in [-0.05, 0) is 35.6 Å². The third-order valence-corrected chi connectivity index (χ3v) is 5.30. The Morgan fingerprint density at radius 1 is 1.16 bits per heavy atom. The zero-order valence-electron chi connectivity index (χ0n) is 14.0. The second-order valence-electron chi connectivity index (χ2n) is 6.16. The van der Waals surface area contributed by atoms with E-state index in [2.05, 4.69) is 0 Å². The number of amides is 2. The lowest BCUT2D eigenvalue weighted by Crippen LogP contribution is -2.35. The minimum Gasteiger partial charge on any atom is -0.340 e. The van der Waals surface area contributed by atoms with Gasteiger partial charge in [-0.2, -0.15) is 0 Å². The van der Waals surface area contributed by atoms with Gasteiger partial charge in [0.05, 0.1) is 0 Å². The number of aryl methyl sites for hydroxylation is 1. The van der Waals surface area contributed by atoms with E-state index in [0.29, 0.717) is 39.0 Å². The first kappa shape index (κ1) is 17.6. The third kappa shape index (κ3) is 4.89. The van der Waals surface area contributed by atoms with Crippen molar-refractivity contribution < 1.29 is 14.0 Å². The summed E-state index contributed by atoms with van der Waals surface area (Å²) in [4.78, 5) is 29.4. The van der Waals surface area contributed by atoms with Crippen LogP contribution in [0.25, 0.3) is 0 Å². The normalized spacial score (nSPS) is 15.3. The Morgan fingerprint density at radius 2 is 2.04 bits per heavy atom. The Morgan fingerprint density at radius 3 is 2.80 bits per heavy atom. The summed E-state index contributed by atoms with van der Waals surface area (Å²) < 4.78 is 13.3. The predicted octanol–water partition coefficient (Wildman–Crippen LogP) is 3.08. The smallest absolute Gasteiger partial charge is 0.224 e. The van der Waals surface area contributed by atoms with E-state index in [9.17, 15) is 14.0 Å². The molecular weight excluding hydrogens is 339 g/mol. The molecule has 1 aromatic heterocycles. The number of thiophene rings is 1. The average molecular weight is 360 g/mol. The first-order chi connectivity index (χ1) is 12.1. The van der Waals surface area contributed by atoms with E-state index in [0.717, 1.165) is 12.0 Å². The van der Waals surface area contributed by atoms with E-state index in [-0.39, 0.29) is 17.6 Å². The number of halogens is 1. The second-order valence-corrected chi connectivity index (χ2v) is 7.19. The highest BCUT2D eigenvalue weighted by Gasteiger charge is 2.23. The number of carbonyl (C=O) groups is 2. The van der Waals surface area contributed by atoms with Gasteiger partial charge in [0.2, 0.25) is 11.8 Å². The van der Waals surface area contributed by atoms with Gasteiger partial charge in [0, 0.05) is 43.9 Å². The highest BCUT2D eigenvalue weighted by molar-refractivity contribution is 7.09. The van der Waals surface area contributed by atoms with Gasteiger partial charge in [0.25, 0.3) is 0 Å². The van der Waals surface area contributed by atoms with Crippen molar-refractivity contribution in [2.75, 3.05) is 19.6 Å². The van der Waals surface area contributed by atoms with Crippen LogP contribution in [-0.4, -0.2) is 41.2 Å². The van der Waals surface area contributed by atoms with Crippen molar-refractivity contribution in [3.63, 3.8) is 0 Å². The van der Waals surface area contributed by atoms with Crippen molar-refractivity contribution in [2.24, 2.45) is 0 Å². The molecule has 1 aliphatic rings. The maximum Gasteiger partial charge on any atom is 0.224 e. The molecule has 0 aliphatic carbocycles. The van der Waals surface area contributed by atoms with Gasteiger partial charge in [-0.15, -0.1) is 11.3 Å². The van der Waals surface area contributed by atoms with E-state index in [4.69, 9.17) is 0 Å². The van der Waals surface area contributed by atoms with Gasteiger partial charge >= 0.3 is 0 Å². The molecule has 1 aromatic carbocycles. The van der Waals surface area contributed by atoms with Gasteiger partial charge in [-0.25, -0.2) is 4.39 Å². The van der Waals surface area contributed by atoms with Crippen molar-refractivity contribution in [3.8, 4) is 0 Å². The lowest BCUT2D eigenvalue weighted by atomic mass is 10.2. The van der Waals surface area contributed by atoms with Crippen molar-refractivity contribution in [1.82, 2.24) is 9.80 Å². The van der Waals surface area contributed by atoms with Crippen LogP contribution in [0.2, 0.25) is 0 Å². The van der Waals surface area contributed by atoms with Crippen LogP contribution in [-0.2, 0) is 22.6 Å². The van der Waals surface area contributed by atoms with Crippen LogP contribution in [0.4, 0.5) is 4.39 Å². The standard InChI is InChI=1S/C19H21FN2O2S/c20-16-4-1-3-15(13-16)14-22-11-10-21(9-8-19(22)24)18(23)7-6-17-5-2-12-25-17/h1-5,12-13H,6-11,14H2. The molecule has 2 heterocycles.